The van der Waals surface area contributed by atoms with Gasteiger partial charge in [0.15, 0.2) is 0 Å². The number of piperazine rings is 1. The van der Waals surface area contributed by atoms with Gasteiger partial charge in [-0.25, -0.2) is 0 Å². The van der Waals surface area contributed by atoms with Crippen molar-refractivity contribution in [2.24, 2.45) is 5.73 Å². The van der Waals surface area contributed by atoms with E-state index in [2.05, 4.69) is 29.2 Å². The molecular formula is C18H29Cl2N3O. The molecule has 0 atom stereocenters. The van der Waals surface area contributed by atoms with Crippen LogP contribution >= 0.6 is 24.8 Å². The van der Waals surface area contributed by atoms with Crippen molar-refractivity contribution in [1.29, 1.82) is 0 Å². The molecule has 1 amide bonds. The zero-order valence-electron chi connectivity index (χ0n) is 14.2. The first kappa shape index (κ1) is 21.2. The van der Waals surface area contributed by atoms with Crippen LogP contribution in [0, 0.1) is 0 Å². The van der Waals surface area contributed by atoms with Crippen LogP contribution in [0.1, 0.15) is 37.7 Å². The molecule has 1 aliphatic heterocycles. The molecular weight excluding hydrogens is 345 g/mol. The Morgan fingerprint density at radius 1 is 0.958 bits per heavy atom. The topological polar surface area (TPSA) is 49.6 Å². The molecule has 1 aromatic carbocycles. The number of hydrogen-bond donors (Lipinski definition) is 1. The lowest BCUT2D eigenvalue weighted by atomic mass is 9.81. The average molecular weight is 374 g/mol. The van der Waals surface area contributed by atoms with Crippen LogP contribution in [-0.4, -0.2) is 47.4 Å². The van der Waals surface area contributed by atoms with Crippen molar-refractivity contribution >= 4 is 30.7 Å². The summed E-state index contributed by atoms with van der Waals surface area (Å²) in [6.45, 7) is 4.47. The average Bonchev–Trinajstić information content (AvgIpc) is 2.56. The summed E-state index contributed by atoms with van der Waals surface area (Å²) < 4.78 is 0. The van der Waals surface area contributed by atoms with Gasteiger partial charge in [-0.1, -0.05) is 49.6 Å². The molecule has 1 aromatic rings. The smallest absolute Gasteiger partial charge is 0.242 e. The van der Waals surface area contributed by atoms with E-state index in [1.807, 2.05) is 11.0 Å². The fourth-order valence-electron chi connectivity index (χ4n) is 3.66. The second kappa shape index (κ2) is 9.62. The lowest BCUT2D eigenvalue weighted by molar-refractivity contribution is -0.140. The van der Waals surface area contributed by atoms with Gasteiger partial charge in [-0.05, 0) is 18.4 Å². The molecule has 1 heterocycles. The molecule has 2 fully saturated rings. The van der Waals surface area contributed by atoms with Crippen molar-refractivity contribution in [3.63, 3.8) is 0 Å². The van der Waals surface area contributed by atoms with Gasteiger partial charge in [-0.3, -0.25) is 9.69 Å². The van der Waals surface area contributed by atoms with Gasteiger partial charge in [0.25, 0.3) is 0 Å². The maximum absolute atomic E-state index is 12.7. The van der Waals surface area contributed by atoms with E-state index in [9.17, 15) is 4.79 Å². The van der Waals surface area contributed by atoms with Crippen LogP contribution in [0.15, 0.2) is 30.3 Å². The standard InChI is InChI=1S/C18H27N3O.2ClH/c19-18(9-5-2-6-10-18)17(22)21-13-11-20(12-14-21)15-16-7-3-1-4-8-16;;/h1,3-4,7-8H,2,5-6,9-15,19H2;2*1H. The summed E-state index contributed by atoms with van der Waals surface area (Å²) in [5.74, 6) is 0.187. The number of amides is 1. The van der Waals surface area contributed by atoms with E-state index in [0.717, 1.165) is 58.4 Å². The number of carbonyl (C=O) groups excluding carboxylic acids is 1. The Morgan fingerprint density at radius 3 is 2.12 bits per heavy atom. The molecule has 2 aliphatic rings. The third-order valence-electron chi connectivity index (χ3n) is 5.08. The van der Waals surface area contributed by atoms with Gasteiger partial charge in [-0.2, -0.15) is 0 Å². The molecule has 0 aromatic heterocycles. The zero-order chi connectivity index (χ0) is 15.4. The number of hydrogen-bond acceptors (Lipinski definition) is 3. The summed E-state index contributed by atoms with van der Waals surface area (Å²) in [5, 5.41) is 0. The summed E-state index contributed by atoms with van der Waals surface area (Å²) in [6.07, 6.45) is 5.12. The van der Waals surface area contributed by atoms with Gasteiger partial charge in [0.1, 0.15) is 0 Å². The maximum Gasteiger partial charge on any atom is 0.242 e. The summed E-state index contributed by atoms with van der Waals surface area (Å²) in [4.78, 5) is 17.1. The Balaban J connectivity index is 0.00000144. The number of carbonyl (C=O) groups is 1. The minimum atomic E-state index is -0.583. The van der Waals surface area contributed by atoms with E-state index >= 15 is 0 Å². The van der Waals surface area contributed by atoms with E-state index in [1.165, 1.54) is 12.0 Å². The molecule has 1 saturated carbocycles. The van der Waals surface area contributed by atoms with Gasteiger partial charge in [-0.15, -0.1) is 24.8 Å². The Morgan fingerprint density at radius 2 is 1.54 bits per heavy atom. The van der Waals surface area contributed by atoms with Crippen LogP contribution in [0.5, 0.6) is 0 Å². The molecule has 4 nitrogen and oxygen atoms in total. The van der Waals surface area contributed by atoms with Crippen molar-refractivity contribution in [2.75, 3.05) is 26.2 Å². The number of nitrogens with two attached hydrogens (primary N) is 1. The van der Waals surface area contributed by atoms with E-state index in [0.29, 0.717) is 0 Å². The highest BCUT2D eigenvalue weighted by atomic mass is 35.5. The highest BCUT2D eigenvalue weighted by molar-refractivity contribution is 5.86. The van der Waals surface area contributed by atoms with Crippen LogP contribution in [0.3, 0.4) is 0 Å². The predicted octanol–water partition coefficient (Wildman–Crippen LogP) is 2.84. The number of benzene rings is 1. The highest BCUT2D eigenvalue weighted by Gasteiger charge is 2.39. The van der Waals surface area contributed by atoms with Crippen LogP contribution in [0.4, 0.5) is 0 Å². The minimum absolute atomic E-state index is 0. The van der Waals surface area contributed by atoms with Crippen molar-refractivity contribution < 1.29 is 4.79 Å². The largest absolute Gasteiger partial charge is 0.339 e. The molecule has 3 rings (SSSR count). The predicted molar refractivity (Wildman–Crippen MR) is 103 cm³/mol. The first-order valence-electron chi connectivity index (χ1n) is 8.52. The molecule has 2 N–H and O–H groups in total. The molecule has 0 radical (unpaired) electrons. The maximum atomic E-state index is 12.7. The third kappa shape index (κ3) is 5.09. The Hall–Kier alpha value is -0.810. The van der Waals surface area contributed by atoms with Crippen LogP contribution < -0.4 is 5.73 Å². The van der Waals surface area contributed by atoms with Crippen molar-refractivity contribution in [3.8, 4) is 0 Å². The summed E-state index contributed by atoms with van der Waals surface area (Å²) in [5.41, 5.74) is 7.14. The van der Waals surface area contributed by atoms with Gasteiger partial charge in [0.2, 0.25) is 5.91 Å². The summed E-state index contributed by atoms with van der Waals surface area (Å²) in [7, 11) is 0. The van der Waals surface area contributed by atoms with E-state index < -0.39 is 5.54 Å². The molecule has 24 heavy (non-hydrogen) atoms. The van der Waals surface area contributed by atoms with E-state index in [-0.39, 0.29) is 30.7 Å². The second-order valence-corrected chi connectivity index (χ2v) is 6.77. The normalized spacial score (nSPS) is 20.6. The summed E-state index contributed by atoms with van der Waals surface area (Å²) >= 11 is 0. The summed E-state index contributed by atoms with van der Waals surface area (Å²) in [6, 6.07) is 10.5. The SMILES string of the molecule is Cl.Cl.NC1(C(=O)N2CCN(Cc3ccccc3)CC2)CCCCC1. The van der Waals surface area contributed by atoms with Gasteiger partial charge in [0, 0.05) is 32.7 Å². The van der Waals surface area contributed by atoms with Crippen molar-refractivity contribution in [2.45, 2.75) is 44.2 Å². The number of halogens is 2. The Bertz CT molecular complexity index is 498. The van der Waals surface area contributed by atoms with Gasteiger partial charge < -0.3 is 10.6 Å². The van der Waals surface area contributed by atoms with Crippen LogP contribution in [-0.2, 0) is 11.3 Å². The van der Waals surface area contributed by atoms with Crippen LogP contribution in [0.25, 0.3) is 0 Å². The Labute approximate surface area is 157 Å². The zero-order valence-corrected chi connectivity index (χ0v) is 15.8. The molecule has 136 valence electrons. The molecule has 0 spiro atoms. The minimum Gasteiger partial charge on any atom is -0.339 e. The number of rotatable bonds is 3. The molecule has 6 heteroatoms. The lowest BCUT2D eigenvalue weighted by Gasteiger charge is -2.41. The van der Waals surface area contributed by atoms with E-state index in [4.69, 9.17) is 5.73 Å². The van der Waals surface area contributed by atoms with Gasteiger partial charge >= 0.3 is 0 Å². The molecule has 1 aliphatic carbocycles. The van der Waals surface area contributed by atoms with E-state index in [1.54, 1.807) is 0 Å². The first-order chi connectivity index (χ1) is 10.7. The van der Waals surface area contributed by atoms with Crippen LogP contribution in [0.2, 0.25) is 0 Å². The lowest BCUT2D eigenvalue weighted by Crippen LogP contribution is -2.60. The highest BCUT2D eigenvalue weighted by Crippen LogP contribution is 2.28. The second-order valence-electron chi connectivity index (χ2n) is 6.77. The van der Waals surface area contributed by atoms with Crippen molar-refractivity contribution in [1.82, 2.24) is 9.80 Å². The monoisotopic (exact) mass is 373 g/mol. The quantitative estimate of drug-likeness (QED) is 0.885. The fourth-order valence-corrected chi connectivity index (χ4v) is 3.66. The fraction of sp³-hybridized carbons (Fsp3) is 0.611. The molecule has 1 saturated heterocycles. The molecule has 0 bridgehead atoms. The number of nitrogens with zero attached hydrogens (tertiary/aromatic N) is 2. The third-order valence-corrected chi connectivity index (χ3v) is 5.08. The Kier molecular flexibility index (Phi) is 8.51. The molecule has 0 unspecified atom stereocenters. The van der Waals surface area contributed by atoms with Gasteiger partial charge in [0.05, 0.1) is 5.54 Å². The first-order valence-corrected chi connectivity index (χ1v) is 8.52. The van der Waals surface area contributed by atoms with Crippen molar-refractivity contribution in [3.05, 3.63) is 35.9 Å².